The maximum absolute atomic E-state index is 6.01. The Morgan fingerprint density at radius 3 is 2.43 bits per heavy atom. The summed E-state index contributed by atoms with van der Waals surface area (Å²) < 4.78 is 6.01. The lowest BCUT2D eigenvalue weighted by atomic mass is 10.0. The molecular weight excluding hydrogens is 262 g/mol. The molecule has 0 bridgehead atoms. The van der Waals surface area contributed by atoms with E-state index in [4.69, 9.17) is 4.74 Å². The Bertz CT molecular complexity index is 609. The highest BCUT2D eigenvalue weighted by Gasteiger charge is 2.16. The zero-order valence-corrected chi connectivity index (χ0v) is 13.3. The first-order chi connectivity index (χ1) is 10.0. The van der Waals surface area contributed by atoms with Crippen molar-refractivity contribution >= 4 is 5.82 Å². The van der Waals surface area contributed by atoms with Crippen LogP contribution >= 0.6 is 0 Å². The van der Waals surface area contributed by atoms with Crippen LogP contribution in [-0.2, 0) is 0 Å². The second kappa shape index (κ2) is 6.57. The van der Waals surface area contributed by atoms with E-state index in [1.807, 2.05) is 19.2 Å². The molecule has 0 aliphatic carbocycles. The van der Waals surface area contributed by atoms with Crippen molar-refractivity contribution in [1.29, 1.82) is 0 Å². The van der Waals surface area contributed by atoms with Crippen LogP contribution in [0.1, 0.15) is 50.7 Å². The molecule has 0 amide bonds. The molecule has 0 saturated carbocycles. The molecule has 0 radical (unpaired) electrons. The number of benzene rings is 1. The van der Waals surface area contributed by atoms with E-state index in [2.05, 4.69) is 55.1 Å². The molecule has 0 fully saturated rings. The molecule has 21 heavy (non-hydrogen) atoms. The van der Waals surface area contributed by atoms with Gasteiger partial charge in [0, 0.05) is 7.05 Å². The molecule has 2 aromatic rings. The predicted molar refractivity (Wildman–Crippen MR) is 86.3 cm³/mol. The van der Waals surface area contributed by atoms with Gasteiger partial charge in [-0.2, -0.15) is 0 Å². The number of rotatable bonds is 5. The Morgan fingerprint density at radius 1 is 1.05 bits per heavy atom. The van der Waals surface area contributed by atoms with Crippen molar-refractivity contribution in [3.05, 3.63) is 41.7 Å². The van der Waals surface area contributed by atoms with E-state index in [1.54, 1.807) is 0 Å². The van der Waals surface area contributed by atoms with Gasteiger partial charge in [0.15, 0.2) is 0 Å². The van der Waals surface area contributed by atoms with Crippen molar-refractivity contribution in [2.24, 2.45) is 0 Å². The highest BCUT2D eigenvalue weighted by molar-refractivity contribution is 5.51. The third-order valence-electron chi connectivity index (χ3n) is 3.40. The van der Waals surface area contributed by atoms with Crippen LogP contribution < -0.4 is 10.1 Å². The molecular formula is C17H23N3O. The zero-order valence-electron chi connectivity index (χ0n) is 13.3. The summed E-state index contributed by atoms with van der Waals surface area (Å²) in [5.41, 5.74) is 2.25. The van der Waals surface area contributed by atoms with Crippen LogP contribution in [0.15, 0.2) is 30.6 Å². The summed E-state index contributed by atoms with van der Waals surface area (Å²) in [6.07, 6.45) is 1.53. The van der Waals surface area contributed by atoms with Gasteiger partial charge in [-0.3, -0.25) is 0 Å². The normalized spacial score (nSPS) is 11.0. The smallest absolute Gasteiger partial charge is 0.227 e. The molecule has 1 heterocycles. The van der Waals surface area contributed by atoms with Gasteiger partial charge in [0.05, 0.1) is 5.56 Å². The molecule has 112 valence electrons. The summed E-state index contributed by atoms with van der Waals surface area (Å²) in [6.45, 7) is 8.55. The van der Waals surface area contributed by atoms with Crippen LogP contribution in [0.4, 0.5) is 5.82 Å². The van der Waals surface area contributed by atoms with Crippen LogP contribution in [0.2, 0.25) is 0 Å². The Hall–Kier alpha value is -2.10. The Kier molecular flexibility index (Phi) is 4.78. The van der Waals surface area contributed by atoms with Crippen molar-refractivity contribution in [3.8, 4) is 11.6 Å². The van der Waals surface area contributed by atoms with Crippen molar-refractivity contribution in [2.45, 2.75) is 39.5 Å². The van der Waals surface area contributed by atoms with Crippen molar-refractivity contribution in [1.82, 2.24) is 9.97 Å². The fourth-order valence-corrected chi connectivity index (χ4v) is 2.23. The Balaban J connectivity index is 2.37. The average molecular weight is 285 g/mol. The number of hydrogen-bond donors (Lipinski definition) is 1. The molecule has 0 spiro atoms. The average Bonchev–Trinajstić information content (AvgIpc) is 2.46. The van der Waals surface area contributed by atoms with Crippen LogP contribution in [0.5, 0.6) is 11.6 Å². The number of ether oxygens (including phenoxy) is 1. The highest BCUT2D eigenvalue weighted by atomic mass is 16.5. The molecule has 4 nitrogen and oxygen atoms in total. The number of nitrogens with zero attached hydrogens (tertiary/aromatic N) is 2. The quantitative estimate of drug-likeness (QED) is 0.875. The van der Waals surface area contributed by atoms with Gasteiger partial charge >= 0.3 is 0 Å². The minimum absolute atomic E-state index is 0.275. The summed E-state index contributed by atoms with van der Waals surface area (Å²) in [5, 5.41) is 3.10. The maximum atomic E-state index is 6.01. The van der Waals surface area contributed by atoms with Crippen LogP contribution in [-0.4, -0.2) is 17.0 Å². The van der Waals surface area contributed by atoms with E-state index in [0.29, 0.717) is 11.8 Å². The number of aromatic nitrogens is 2. The molecule has 0 unspecified atom stereocenters. The second-order valence-corrected chi connectivity index (χ2v) is 5.68. The first-order valence-corrected chi connectivity index (χ1v) is 7.33. The van der Waals surface area contributed by atoms with Crippen LogP contribution in [0, 0.1) is 0 Å². The number of hydrogen-bond acceptors (Lipinski definition) is 4. The molecule has 1 aromatic heterocycles. The lowest BCUT2D eigenvalue weighted by molar-refractivity contribution is 0.451. The first kappa shape index (κ1) is 15.3. The second-order valence-electron chi connectivity index (χ2n) is 5.68. The van der Waals surface area contributed by atoms with Gasteiger partial charge < -0.3 is 10.1 Å². The fraction of sp³-hybridized carbons (Fsp3) is 0.412. The lowest BCUT2D eigenvalue weighted by Gasteiger charge is -2.16. The summed E-state index contributed by atoms with van der Waals surface area (Å²) in [7, 11) is 1.86. The van der Waals surface area contributed by atoms with E-state index in [1.165, 1.54) is 11.9 Å². The van der Waals surface area contributed by atoms with Gasteiger partial charge in [-0.15, -0.1) is 0 Å². The summed E-state index contributed by atoms with van der Waals surface area (Å²) >= 11 is 0. The minimum atomic E-state index is 0.275. The van der Waals surface area contributed by atoms with Crippen molar-refractivity contribution in [3.63, 3.8) is 0 Å². The Labute approximate surface area is 126 Å². The standard InChI is InChI=1S/C17H23N3O/c1-11(2)13-7-6-8-14(9-13)21-17-15(12(3)4)16(18-5)19-10-20-17/h6-12H,1-5H3,(H,18,19,20). The molecule has 0 saturated heterocycles. The summed E-state index contributed by atoms with van der Waals surface area (Å²) in [6, 6.07) is 8.15. The van der Waals surface area contributed by atoms with Gasteiger partial charge in [0.2, 0.25) is 5.88 Å². The minimum Gasteiger partial charge on any atom is -0.439 e. The predicted octanol–water partition coefficient (Wildman–Crippen LogP) is 4.56. The fourth-order valence-electron chi connectivity index (χ4n) is 2.23. The first-order valence-electron chi connectivity index (χ1n) is 7.33. The van der Waals surface area contributed by atoms with Crippen molar-refractivity contribution < 1.29 is 4.74 Å². The zero-order chi connectivity index (χ0) is 15.4. The molecule has 2 rings (SSSR count). The Morgan fingerprint density at radius 2 is 1.81 bits per heavy atom. The van der Waals surface area contributed by atoms with Crippen LogP contribution in [0.25, 0.3) is 0 Å². The molecule has 4 heteroatoms. The third kappa shape index (κ3) is 3.51. The largest absolute Gasteiger partial charge is 0.439 e. The number of nitrogens with one attached hydrogen (secondary N) is 1. The lowest BCUT2D eigenvalue weighted by Crippen LogP contribution is -2.04. The topological polar surface area (TPSA) is 47.0 Å². The maximum Gasteiger partial charge on any atom is 0.227 e. The third-order valence-corrected chi connectivity index (χ3v) is 3.40. The number of anilines is 1. The van der Waals surface area contributed by atoms with Gasteiger partial charge in [-0.25, -0.2) is 9.97 Å². The van der Waals surface area contributed by atoms with E-state index in [-0.39, 0.29) is 5.92 Å². The van der Waals surface area contributed by atoms with Gasteiger partial charge in [0.25, 0.3) is 0 Å². The molecule has 1 N–H and O–H groups in total. The van der Waals surface area contributed by atoms with Crippen LogP contribution in [0.3, 0.4) is 0 Å². The summed E-state index contributed by atoms with van der Waals surface area (Å²) in [5.74, 6) is 2.98. The molecule has 1 aromatic carbocycles. The van der Waals surface area contributed by atoms with Gasteiger partial charge in [-0.05, 0) is 29.5 Å². The highest BCUT2D eigenvalue weighted by Crippen LogP contribution is 2.33. The van der Waals surface area contributed by atoms with Gasteiger partial charge in [-0.1, -0.05) is 39.8 Å². The van der Waals surface area contributed by atoms with Gasteiger partial charge in [0.1, 0.15) is 17.9 Å². The molecule has 0 aliphatic rings. The SMILES string of the molecule is CNc1ncnc(Oc2cccc(C(C)C)c2)c1C(C)C. The summed E-state index contributed by atoms with van der Waals surface area (Å²) in [4.78, 5) is 8.57. The van der Waals surface area contributed by atoms with Crippen molar-refractivity contribution in [2.75, 3.05) is 12.4 Å². The van der Waals surface area contributed by atoms with E-state index in [9.17, 15) is 0 Å². The monoisotopic (exact) mass is 285 g/mol. The molecule has 0 aliphatic heterocycles. The molecule has 0 atom stereocenters. The van der Waals surface area contributed by atoms with E-state index < -0.39 is 0 Å². The van der Waals surface area contributed by atoms with E-state index in [0.717, 1.165) is 17.1 Å². The van der Waals surface area contributed by atoms with E-state index >= 15 is 0 Å².